The second kappa shape index (κ2) is 11.0. The number of hydrogen-bond acceptors (Lipinski definition) is 2. The number of alkyl halides is 3. The number of nitrogens with zero attached hydrogens (tertiary/aromatic N) is 1. The number of halogens is 3. The topological polar surface area (TPSA) is 12.5 Å². The summed E-state index contributed by atoms with van der Waals surface area (Å²) in [4.78, 5) is 2.22. The van der Waals surface area contributed by atoms with E-state index in [1.165, 1.54) is 32.1 Å². The molecule has 0 amide bonds. The molecule has 0 unspecified atom stereocenters. The van der Waals surface area contributed by atoms with Crippen molar-refractivity contribution in [2.75, 3.05) is 18.6 Å². The summed E-state index contributed by atoms with van der Waals surface area (Å²) in [6, 6.07) is 13.3. The molecular formula is C23H30F3NO. The Hall–Kier alpha value is -2.17. The fraction of sp³-hybridized carbons (Fsp3) is 0.478. The number of benzene rings is 2. The summed E-state index contributed by atoms with van der Waals surface area (Å²) >= 11 is 0. The summed E-state index contributed by atoms with van der Waals surface area (Å²) in [5.74, 6) is 0.790. The highest BCUT2D eigenvalue weighted by molar-refractivity contribution is 5.49. The van der Waals surface area contributed by atoms with Crippen LogP contribution in [0.5, 0.6) is 5.75 Å². The Morgan fingerprint density at radius 2 is 1.43 bits per heavy atom. The monoisotopic (exact) mass is 393 g/mol. The molecule has 0 heterocycles. The third-order valence-corrected chi connectivity index (χ3v) is 4.87. The molecule has 2 rings (SSSR count). The van der Waals surface area contributed by atoms with E-state index in [0.29, 0.717) is 6.54 Å². The van der Waals surface area contributed by atoms with Crippen molar-refractivity contribution in [2.45, 2.75) is 58.2 Å². The number of ether oxygens (including phenoxy) is 1. The van der Waals surface area contributed by atoms with Gasteiger partial charge in [-0.1, -0.05) is 51.2 Å². The van der Waals surface area contributed by atoms with Crippen LogP contribution in [0, 0.1) is 0 Å². The van der Waals surface area contributed by atoms with Crippen molar-refractivity contribution in [3.63, 3.8) is 0 Å². The summed E-state index contributed by atoms with van der Waals surface area (Å²) in [5, 5.41) is 0. The largest absolute Gasteiger partial charge is 0.497 e. The van der Waals surface area contributed by atoms with Crippen LogP contribution in [0.25, 0.3) is 0 Å². The zero-order chi connectivity index (χ0) is 20.4. The van der Waals surface area contributed by atoms with Crippen LogP contribution in [0.15, 0.2) is 48.5 Å². The van der Waals surface area contributed by atoms with Crippen LogP contribution >= 0.6 is 0 Å². The van der Waals surface area contributed by atoms with Gasteiger partial charge in [-0.25, -0.2) is 0 Å². The van der Waals surface area contributed by atoms with Crippen LogP contribution in [-0.2, 0) is 12.7 Å². The molecule has 2 aromatic rings. The molecule has 0 aromatic heterocycles. The van der Waals surface area contributed by atoms with Gasteiger partial charge in [0.25, 0.3) is 0 Å². The molecule has 0 saturated heterocycles. The second-order valence-electron chi connectivity index (χ2n) is 7.08. The van der Waals surface area contributed by atoms with Gasteiger partial charge in [0, 0.05) is 18.8 Å². The predicted octanol–water partition coefficient (Wildman–Crippen LogP) is 7.08. The van der Waals surface area contributed by atoms with Crippen LogP contribution in [0.3, 0.4) is 0 Å². The van der Waals surface area contributed by atoms with Gasteiger partial charge in [0.1, 0.15) is 5.75 Å². The van der Waals surface area contributed by atoms with Gasteiger partial charge in [-0.3, -0.25) is 0 Å². The highest BCUT2D eigenvalue weighted by atomic mass is 19.4. The molecule has 0 aliphatic heterocycles. The molecule has 28 heavy (non-hydrogen) atoms. The lowest BCUT2D eigenvalue weighted by molar-refractivity contribution is -0.137. The first-order valence-electron chi connectivity index (χ1n) is 9.99. The van der Waals surface area contributed by atoms with E-state index >= 15 is 0 Å². The first kappa shape index (κ1) is 22.1. The molecular weight excluding hydrogens is 363 g/mol. The van der Waals surface area contributed by atoms with Crippen molar-refractivity contribution in [2.24, 2.45) is 0 Å². The van der Waals surface area contributed by atoms with E-state index in [1.54, 1.807) is 19.2 Å². The van der Waals surface area contributed by atoms with Crippen molar-refractivity contribution in [1.29, 1.82) is 0 Å². The molecule has 5 heteroatoms. The van der Waals surface area contributed by atoms with Gasteiger partial charge in [-0.2, -0.15) is 13.2 Å². The standard InChI is InChI=1S/C23H30F3NO/c1-3-4-5-6-7-8-17-27(21-13-15-22(28-2)16-14-21)18-19-9-11-20(12-10-19)23(24,25)26/h9-16H,3-8,17-18H2,1-2H3. The van der Waals surface area contributed by atoms with Gasteiger partial charge in [0.15, 0.2) is 0 Å². The lowest BCUT2D eigenvalue weighted by Gasteiger charge is -2.25. The van der Waals surface area contributed by atoms with E-state index < -0.39 is 11.7 Å². The van der Waals surface area contributed by atoms with Gasteiger partial charge in [0.2, 0.25) is 0 Å². The lowest BCUT2D eigenvalue weighted by Crippen LogP contribution is -2.24. The van der Waals surface area contributed by atoms with E-state index in [4.69, 9.17) is 4.74 Å². The van der Waals surface area contributed by atoms with Crippen molar-refractivity contribution in [1.82, 2.24) is 0 Å². The molecule has 0 N–H and O–H groups in total. The predicted molar refractivity (Wildman–Crippen MR) is 109 cm³/mol. The molecule has 0 bridgehead atoms. The highest BCUT2D eigenvalue weighted by Gasteiger charge is 2.29. The smallest absolute Gasteiger partial charge is 0.416 e. The molecule has 0 saturated carbocycles. The molecule has 0 radical (unpaired) electrons. The molecule has 0 aliphatic carbocycles. The highest BCUT2D eigenvalue weighted by Crippen LogP contribution is 2.29. The zero-order valence-electron chi connectivity index (χ0n) is 16.8. The van der Waals surface area contributed by atoms with Crippen molar-refractivity contribution in [3.8, 4) is 5.75 Å². The Balaban J connectivity index is 2.04. The molecule has 0 fully saturated rings. The van der Waals surface area contributed by atoms with Gasteiger partial charge in [-0.15, -0.1) is 0 Å². The average Bonchev–Trinajstić information content (AvgIpc) is 2.69. The minimum atomic E-state index is -4.30. The minimum absolute atomic E-state index is 0.583. The van der Waals surface area contributed by atoms with E-state index in [1.807, 2.05) is 24.3 Å². The summed E-state index contributed by atoms with van der Waals surface area (Å²) in [5.41, 5.74) is 1.31. The first-order chi connectivity index (χ1) is 13.4. The summed E-state index contributed by atoms with van der Waals surface area (Å²) in [6.45, 7) is 3.66. The van der Waals surface area contributed by atoms with Gasteiger partial charge in [-0.05, 0) is 48.4 Å². The minimum Gasteiger partial charge on any atom is -0.497 e. The van der Waals surface area contributed by atoms with Crippen LogP contribution in [-0.4, -0.2) is 13.7 Å². The number of hydrogen-bond donors (Lipinski definition) is 0. The molecule has 0 atom stereocenters. The zero-order valence-corrected chi connectivity index (χ0v) is 16.8. The van der Waals surface area contributed by atoms with Gasteiger partial charge < -0.3 is 9.64 Å². The Labute approximate surface area is 166 Å². The van der Waals surface area contributed by atoms with E-state index in [2.05, 4.69) is 11.8 Å². The number of methoxy groups -OCH3 is 1. The van der Waals surface area contributed by atoms with Crippen molar-refractivity contribution < 1.29 is 17.9 Å². The quantitative estimate of drug-likeness (QED) is 0.378. The van der Waals surface area contributed by atoms with E-state index in [9.17, 15) is 13.2 Å². The Kier molecular flexibility index (Phi) is 8.68. The fourth-order valence-electron chi connectivity index (χ4n) is 3.20. The maximum Gasteiger partial charge on any atom is 0.416 e. The number of anilines is 1. The molecule has 2 nitrogen and oxygen atoms in total. The molecule has 2 aromatic carbocycles. The Bertz CT molecular complexity index is 680. The summed E-state index contributed by atoms with van der Waals surface area (Å²) < 4.78 is 43.6. The number of unbranched alkanes of at least 4 members (excludes halogenated alkanes) is 5. The van der Waals surface area contributed by atoms with Crippen LogP contribution in [0.1, 0.15) is 56.6 Å². The van der Waals surface area contributed by atoms with Crippen LogP contribution in [0.4, 0.5) is 18.9 Å². The summed E-state index contributed by atoms with van der Waals surface area (Å²) in [6.07, 6.45) is 2.92. The molecule has 0 spiro atoms. The number of rotatable bonds is 11. The first-order valence-corrected chi connectivity index (χ1v) is 9.99. The average molecular weight is 393 g/mol. The Morgan fingerprint density at radius 1 is 0.821 bits per heavy atom. The van der Waals surface area contributed by atoms with Gasteiger partial charge >= 0.3 is 6.18 Å². The normalized spacial score (nSPS) is 11.5. The maximum atomic E-state index is 12.8. The third kappa shape index (κ3) is 7.10. The van der Waals surface area contributed by atoms with E-state index in [0.717, 1.165) is 42.1 Å². The van der Waals surface area contributed by atoms with Gasteiger partial charge in [0.05, 0.1) is 12.7 Å². The van der Waals surface area contributed by atoms with Crippen LogP contribution < -0.4 is 9.64 Å². The third-order valence-electron chi connectivity index (χ3n) is 4.87. The van der Waals surface area contributed by atoms with Crippen molar-refractivity contribution >= 4 is 5.69 Å². The lowest BCUT2D eigenvalue weighted by atomic mass is 10.1. The molecule has 0 aliphatic rings. The second-order valence-corrected chi connectivity index (χ2v) is 7.08. The Morgan fingerprint density at radius 3 is 2.00 bits per heavy atom. The van der Waals surface area contributed by atoms with E-state index in [-0.39, 0.29) is 0 Å². The molecule has 154 valence electrons. The van der Waals surface area contributed by atoms with Crippen LogP contribution in [0.2, 0.25) is 0 Å². The maximum absolute atomic E-state index is 12.8. The fourth-order valence-corrected chi connectivity index (χ4v) is 3.20. The summed E-state index contributed by atoms with van der Waals surface area (Å²) in [7, 11) is 1.63. The SMILES string of the molecule is CCCCCCCCN(Cc1ccc(C(F)(F)F)cc1)c1ccc(OC)cc1. The van der Waals surface area contributed by atoms with Crippen molar-refractivity contribution in [3.05, 3.63) is 59.7 Å².